The Hall–Kier alpha value is 1.40. The standard InChI is InChI=1S/C4H5Br3O/c5-4(6,7)1-3-2-8-3/h3H,1-2H2. The zero-order valence-corrected chi connectivity index (χ0v) is 8.79. The molecule has 4 heteroatoms. The summed E-state index contributed by atoms with van der Waals surface area (Å²) in [6, 6.07) is 0. The van der Waals surface area contributed by atoms with Gasteiger partial charge < -0.3 is 4.74 Å². The Kier molecular flexibility index (Phi) is 2.40. The third kappa shape index (κ3) is 3.43. The molecule has 0 radical (unpaired) electrons. The summed E-state index contributed by atoms with van der Waals surface area (Å²) in [7, 11) is 0. The van der Waals surface area contributed by atoms with Gasteiger partial charge in [0.05, 0.1) is 12.7 Å². The van der Waals surface area contributed by atoms with Gasteiger partial charge in [0, 0.05) is 6.42 Å². The number of epoxide rings is 1. The molecule has 1 heterocycles. The van der Waals surface area contributed by atoms with Crippen LogP contribution in [0, 0.1) is 0 Å². The third-order valence-electron chi connectivity index (χ3n) is 0.861. The van der Waals surface area contributed by atoms with E-state index in [1.54, 1.807) is 0 Å². The summed E-state index contributed by atoms with van der Waals surface area (Å²) in [5.74, 6) is 0. The second-order valence-electron chi connectivity index (χ2n) is 1.77. The predicted octanol–water partition coefficient (Wildman–Crippen LogP) is 2.61. The molecular weight excluding hydrogens is 304 g/mol. The van der Waals surface area contributed by atoms with E-state index >= 15 is 0 Å². The van der Waals surface area contributed by atoms with Crippen LogP contribution in [-0.2, 0) is 4.74 Å². The smallest absolute Gasteiger partial charge is 0.137 e. The Morgan fingerprint density at radius 2 is 2.00 bits per heavy atom. The van der Waals surface area contributed by atoms with Gasteiger partial charge in [-0.05, 0) is 0 Å². The minimum atomic E-state index is -0.103. The topological polar surface area (TPSA) is 12.5 Å². The van der Waals surface area contributed by atoms with Crippen LogP contribution in [0.4, 0.5) is 0 Å². The van der Waals surface area contributed by atoms with Crippen molar-refractivity contribution in [3.63, 3.8) is 0 Å². The molecular formula is C4H5Br3O. The molecule has 48 valence electrons. The Balaban J connectivity index is 2.16. The van der Waals surface area contributed by atoms with E-state index in [1.807, 2.05) is 0 Å². The molecule has 0 aromatic rings. The molecule has 0 N–H and O–H groups in total. The molecule has 0 aromatic heterocycles. The van der Waals surface area contributed by atoms with Crippen molar-refractivity contribution in [3.05, 3.63) is 0 Å². The molecule has 1 aliphatic heterocycles. The zero-order valence-electron chi connectivity index (χ0n) is 4.03. The molecule has 8 heavy (non-hydrogen) atoms. The highest BCUT2D eigenvalue weighted by Gasteiger charge is 2.31. The van der Waals surface area contributed by atoms with Crippen LogP contribution in [0.25, 0.3) is 0 Å². The Morgan fingerprint density at radius 3 is 2.12 bits per heavy atom. The van der Waals surface area contributed by atoms with Crippen LogP contribution in [0.1, 0.15) is 6.42 Å². The molecule has 0 saturated carbocycles. The molecule has 1 saturated heterocycles. The molecule has 1 aliphatic rings. The molecule has 1 rings (SSSR count). The number of hydrogen-bond donors (Lipinski definition) is 0. The second kappa shape index (κ2) is 2.56. The van der Waals surface area contributed by atoms with E-state index < -0.39 is 0 Å². The number of alkyl halides is 3. The number of halogens is 3. The van der Waals surface area contributed by atoms with Crippen LogP contribution in [0.3, 0.4) is 0 Å². The maximum Gasteiger partial charge on any atom is 0.137 e. The van der Waals surface area contributed by atoms with Gasteiger partial charge in [0.25, 0.3) is 0 Å². The van der Waals surface area contributed by atoms with Gasteiger partial charge in [-0.25, -0.2) is 0 Å². The zero-order chi connectivity index (χ0) is 6.20. The average Bonchev–Trinajstić information content (AvgIpc) is 2.12. The second-order valence-corrected chi connectivity index (χ2v) is 9.03. The summed E-state index contributed by atoms with van der Waals surface area (Å²) in [4.78, 5) is 0. The van der Waals surface area contributed by atoms with Gasteiger partial charge in [0.15, 0.2) is 0 Å². The van der Waals surface area contributed by atoms with Crippen LogP contribution >= 0.6 is 47.8 Å². The van der Waals surface area contributed by atoms with Crippen LogP contribution in [-0.4, -0.2) is 14.9 Å². The first-order chi connectivity index (χ1) is 3.58. The maximum absolute atomic E-state index is 4.99. The number of rotatable bonds is 1. The molecule has 0 spiro atoms. The van der Waals surface area contributed by atoms with Crippen LogP contribution in [0.5, 0.6) is 0 Å². The van der Waals surface area contributed by atoms with Crippen LogP contribution in [0.15, 0.2) is 0 Å². The normalized spacial score (nSPS) is 28.1. The van der Waals surface area contributed by atoms with Gasteiger partial charge in [-0.2, -0.15) is 0 Å². The molecule has 0 aromatic carbocycles. The molecule has 0 bridgehead atoms. The Morgan fingerprint density at radius 1 is 1.50 bits per heavy atom. The highest BCUT2D eigenvalue weighted by atomic mass is 80.0. The van der Waals surface area contributed by atoms with E-state index in [0.29, 0.717) is 6.10 Å². The Bertz CT molecular complexity index is 83.8. The molecule has 0 amide bonds. The highest BCUT2D eigenvalue weighted by molar-refractivity contribution is 9.39. The SMILES string of the molecule is BrC(Br)(Br)CC1CO1. The molecule has 1 unspecified atom stereocenters. The summed E-state index contributed by atoms with van der Waals surface area (Å²) in [6.45, 7) is 0.907. The summed E-state index contributed by atoms with van der Waals surface area (Å²) < 4.78 is 4.89. The van der Waals surface area contributed by atoms with E-state index in [9.17, 15) is 0 Å². The van der Waals surface area contributed by atoms with E-state index in [2.05, 4.69) is 47.8 Å². The first kappa shape index (κ1) is 7.51. The fraction of sp³-hybridized carbons (Fsp3) is 1.00. The number of hydrogen-bond acceptors (Lipinski definition) is 1. The van der Waals surface area contributed by atoms with Gasteiger partial charge in [0.2, 0.25) is 0 Å². The fourth-order valence-corrected chi connectivity index (χ4v) is 1.53. The minimum absolute atomic E-state index is 0.103. The summed E-state index contributed by atoms with van der Waals surface area (Å²) in [5, 5.41) is 0. The van der Waals surface area contributed by atoms with Crippen molar-refractivity contribution in [3.8, 4) is 0 Å². The lowest BCUT2D eigenvalue weighted by atomic mass is 10.4. The van der Waals surface area contributed by atoms with Crippen molar-refractivity contribution in [1.82, 2.24) is 0 Å². The summed E-state index contributed by atoms with van der Waals surface area (Å²) >= 11 is 10.1. The van der Waals surface area contributed by atoms with E-state index in [-0.39, 0.29) is 2.14 Å². The minimum Gasteiger partial charge on any atom is -0.373 e. The van der Waals surface area contributed by atoms with Gasteiger partial charge in [-0.3, -0.25) is 0 Å². The number of ether oxygens (including phenoxy) is 1. The van der Waals surface area contributed by atoms with Crippen molar-refractivity contribution >= 4 is 47.8 Å². The molecule has 1 nitrogen and oxygen atoms in total. The predicted molar refractivity (Wildman–Crippen MR) is 43.9 cm³/mol. The lowest BCUT2D eigenvalue weighted by Gasteiger charge is -2.07. The van der Waals surface area contributed by atoms with Crippen molar-refractivity contribution in [2.24, 2.45) is 0 Å². The molecule has 1 atom stereocenters. The van der Waals surface area contributed by atoms with E-state index in [1.165, 1.54) is 0 Å². The van der Waals surface area contributed by atoms with Gasteiger partial charge in [-0.15, -0.1) is 0 Å². The van der Waals surface area contributed by atoms with Crippen molar-refractivity contribution in [2.45, 2.75) is 14.7 Å². The quantitative estimate of drug-likeness (QED) is 0.536. The van der Waals surface area contributed by atoms with E-state index in [0.717, 1.165) is 13.0 Å². The monoisotopic (exact) mass is 306 g/mol. The summed E-state index contributed by atoms with van der Waals surface area (Å²) in [5.41, 5.74) is 0. The van der Waals surface area contributed by atoms with Crippen LogP contribution in [0.2, 0.25) is 0 Å². The van der Waals surface area contributed by atoms with Crippen molar-refractivity contribution in [2.75, 3.05) is 6.61 Å². The molecule has 0 aliphatic carbocycles. The highest BCUT2D eigenvalue weighted by Crippen LogP contribution is 2.40. The lowest BCUT2D eigenvalue weighted by molar-refractivity contribution is 0.402. The maximum atomic E-state index is 4.99. The Labute approximate surface area is 73.5 Å². The van der Waals surface area contributed by atoms with Gasteiger partial charge in [-0.1, -0.05) is 47.8 Å². The molecule has 1 fully saturated rings. The first-order valence-electron chi connectivity index (χ1n) is 2.26. The lowest BCUT2D eigenvalue weighted by Crippen LogP contribution is -2.03. The average molecular weight is 309 g/mol. The van der Waals surface area contributed by atoms with E-state index in [4.69, 9.17) is 4.74 Å². The fourth-order valence-electron chi connectivity index (χ4n) is 0.444. The summed E-state index contributed by atoms with van der Waals surface area (Å²) in [6.07, 6.45) is 1.42. The van der Waals surface area contributed by atoms with Crippen LogP contribution < -0.4 is 0 Å². The third-order valence-corrected chi connectivity index (χ3v) is 1.83. The largest absolute Gasteiger partial charge is 0.373 e. The van der Waals surface area contributed by atoms with Crippen molar-refractivity contribution in [1.29, 1.82) is 0 Å². The van der Waals surface area contributed by atoms with Crippen molar-refractivity contribution < 1.29 is 4.74 Å². The van der Waals surface area contributed by atoms with Gasteiger partial charge in [0.1, 0.15) is 2.14 Å². The first-order valence-corrected chi connectivity index (χ1v) is 4.64. The van der Waals surface area contributed by atoms with Gasteiger partial charge >= 0.3 is 0 Å².